The van der Waals surface area contributed by atoms with Gasteiger partial charge in [0.15, 0.2) is 0 Å². The van der Waals surface area contributed by atoms with E-state index in [0.717, 1.165) is 23.7 Å². The minimum Gasteiger partial charge on any atom is -0.356 e. The van der Waals surface area contributed by atoms with Crippen molar-refractivity contribution < 1.29 is 14.4 Å². The molecule has 1 saturated heterocycles. The summed E-state index contributed by atoms with van der Waals surface area (Å²) in [7, 11) is 0. The van der Waals surface area contributed by atoms with Crippen LogP contribution in [0.2, 0.25) is 5.02 Å². The van der Waals surface area contributed by atoms with Gasteiger partial charge in [-0.1, -0.05) is 30.5 Å². The van der Waals surface area contributed by atoms with Gasteiger partial charge < -0.3 is 20.9 Å². The number of carbonyl (C=O) groups is 3. The Morgan fingerprint density at radius 1 is 1.19 bits per heavy atom. The summed E-state index contributed by atoms with van der Waals surface area (Å²) in [5.41, 5.74) is 1.07. The number of hydrogen-bond donors (Lipinski definition) is 4. The number of nitrogens with zero attached hydrogens (tertiary/aromatic N) is 1. The van der Waals surface area contributed by atoms with Crippen LogP contribution in [0, 0.1) is 23.2 Å². The van der Waals surface area contributed by atoms with Crippen LogP contribution in [0.15, 0.2) is 24.3 Å². The zero-order chi connectivity index (χ0) is 22.0. The molecule has 31 heavy (non-hydrogen) atoms. The van der Waals surface area contributed by atoms with Gasteiger partial charge in [0.05, 0.1) is 6.07 Å². The summed E-state index contributed by atoms with van der Waals surface area (Å²) in [6.45, 7) is 0.589. The van der Waals surface area contributed by atoms with E-state index in [4.69, 9.17) is 11.6 Å². The second kappa shape index (κ2) is 8.98. The van der Waals surface area contributed by atoms with Crippen LogP contribution in [0.5, 0.6) is 0 Å². The Morgan fingerprint density at radius 3 is 2.68 bits per heavy atom. The van der Waals surface area contributed by atoms with Crippen molar-refractivity contribution in [2.24, 2.45) is 11.8 Å². The summed E-state index contributed by atoms with van der Waals surface area (Å²) in [5, 5.41) is 19.1. The Bertz CT molecular complexity index is 1060. The van der Waals surface area contributed by atoms with Gasteiger partial charge in [-0.25, -0.2) is 0 Å². The van der Waals surface area contributed by atoms with Crippen molar-refractivity contribution in [3.63, 3.8) is 0 Å². The SMILES string of the molecule is N#C[C@H](C[C@@H]1CCNC1=O)NC(=O)[C@H](CC1CC1)NC(=O)c1cc2ccc(Cl)cc2[nH]1. The fourth-order valence-corrected chi connectivity index (χ4v) is 4.12. The molecule has 0 bridgehead atoms. The standard InChI is InChI=1S/C22H24ClN5O3/c23-15-4-3-13-9-19(27-17(13)10-15)22(31)28-18(7-12-1-2-12)21(30)26-16(11-24)8-14-5-6-25-20(14)29/h3-4,9-10,12,14,16,18,27H,1-2,5-8H2,(H,25,29)(H,26,30)(H,28,31)/t14-,16-,18-/m0/s1. The van der Waals surface area contributed by atoms with Gasteiger partial charge in [-0.15, -0.1) is 0 Å². The lowest BCUT2D eigenvalue weighted by Crippen LogP contribution is -2.50. The van der Waals surface area contributed by atoms with E-state index in [9.17, 15) is 19.6 Å². The highest BCUT2D eigenvalue weighted by Crippen LogP contribution is 2.33. The first-order valence-electron chi connectivity index (χ1n) is 10.5. The molecule has 2 aliphatic rings. The number of rotatable bonds is 8. The predicted molar refractivity (Wildman–Crippen MR) is 115 cm³/mol. The number of nitrogens with one attached hydrogen (secondary N) is 4. The molecule has 1 aliphatic carbocycles. The van der Waals surface area contributed by atoms with Gasteiger partial charge in [0.25, 0.3) is 5.91 Å². The zero-order valence-electron chi connectivity index (χ0n) is 16.9. The van der Waals surface area contributed by atoms with Crippen LogP contribution in [-0.4, -0.2) is 41.3 Å². The maximum absolute atomic E-state index is 12.9. The van der Waals surface area contributed by atoms with Crippen LogP contribution in [0.4, 0.5) is 0 Å². The van der Waals surface area contributed by atoms with Gasteiger partial charge in [0, 0.05) is 28.4 Å². The van der Waals surface area contributed by atoms with E-state index in [2.05, 4.69) is 27.0 Å². The monoisotopic (exact) mass is 441 g/mol. The van der Waals surface area contributed by atoms with Gasteiger partial charge in [-0.2, -0.15) is 5.26 Å². The van der Waals surface area contributed by atoms with Gasteiger partial charge in [0.1, 0.15) is 17.8 Å². The van der Waals surface area contributed by atoms with Crippen LogP contribution >= 0.6 is 11.6 Å². The highest BCUT2D eigenvalue weighted by Gasteiger charge is 2.33. The van der Waals surface area contributed by atoms with Gasteiger partial charge in [-0.3, -0.25) is 14.4 Å². The molecule has 2 aromatic rings. The smallest absolute Gasteiger partial charge is 0.268 e. The number of hydrogen-bond acceptors (Lipinski definition) is 4. The molecule has 1 aromatic heterocycles. The Kier molecular flexibility index (Phi) is 6.14. The molecule has 4 rings (SSSR count). The van der Waals surface area contributed by atoms with Crippen molar-refractivity contribution in [1.82, 2.24) is 20.9 Å². The van der Waals surface area contributed by atoms with Gasteiger partial charge in [-0.05, 0) is 43.4 Å². The molecule has 4 N–H and O–H groups in total. The first kappa shape index (κ1) is 21.2. The second-order valence-corrected chi connectivity index (χ2v) is 8.76. The van der Waals surface area contributed by atoms with Crippen LogP contribution < -0.4 is 16.0 Å². The fraction of sp³-hybridized carbons (Fsp3) is 0.455. The van der Waals surface area contributed by atoms with Crippen molar-refractivity contribution in [2.75, 3.05) is 6.54 Å². The topological polar surface area (TPSA) is 127 Å². The number of halogens is 1. The number of H-pyrrole nitrogens is 1. The van der Waals surface area contributed by atoms with Gasteiger partial charge >= 0.3 is 0 Å². The molecule has 1 aliphatic heterocycles. The maximum Gasteiger partial charge on any atom is 0.268 e. The van der Waals surface area contributed by atoms with Crippen molar-refractivity contribution >= 4 is 40.2 Å². The van der Waals surface area contributed by atoms with Crippen molar-refractivity contribution in [3.8, 4) is 6.07 Å². The summed E-state index contributed by atoms with van der Waals surface area (Å²) in [6, 6.07) is 7.55. The van der Waals surface area contributed by atoms with Crippen LogP contribution in [0.3, 0.4) is 0 Å². The largest absolute Gasteiger partial charge is 0.356 e. The summed E-state index contributed by atoms with van der Waals surface area (Å²) < 4.78 is 0. The number of carbonyl (C=O) groups excluding carboxylic acids is 3. The normalized spacial score (nSPS) is 20.0. The molecule has 9 heteroatoms. The van der Waals surface area contributed by atoms with E-state index < -0.39 is 23.9 Å². The summed E-state index contributed by atoms with van der Waals surface area (Å²) in [4.78, 5) is 40.6. The predicted octanol–water partition coefficient (Wildman–Crippen LogP) is 2.25. The van der Waals surface area contributed by atoms with Gasteiger partial charge in [0.2, 0.25) is 11.8 Å². The average molecular weight is 442 g/mol. The summed E-state index contributed by atoms with van der Waals surface area (Å²) in [5.74, 6) is -0.768. The Labute approximate surface area is 184 Å². The number of amides is 3. The van der Waals surface area contributed by atoms with E-state index in [1.54, 1.807) is 18.2 Å². The average Bonchev–Trinajstić information content (AvgIpc) is 3.32. The molecule has 3 amide bonds. The van der Waals surface area contributed by atoms with Crippen LogP contribution in [-0.2, 0) is 9.59 Å². The van der Waals surface area contributed by atoms with Crippen molar-refractivity contribution in [1.29, 1.82) is 5.26 Å². The van der Waals surface area contributed by atoms with E-state index in [0.29, 0.717) is 36.0 Å². The molecular formula is C22H24ClN5O3. The second-order valence-electron chi connectivity index (χ2n) is 8.32. The Balaban J connectivity index is 1.43. The minimum atomic E-state index is -0.782. The fourth-order valence-electron chi connectivity index (χ4n) is 3.95. The lowest BCUT2D eigenvalue weighted by atomic mass is 9.98. The first-order chi connectivity index (χ1) is 14.9. The number of fused-ring (bicyclic) bond motifs is 1. The number of aromatic amines is 1. The maximum atomic E-state index is 12.9. The molecule has 162 valence electrons. The molecular weight excluding hydrogens is 418 g/mol. The van der Waals surface area contributed by atoms with E-state index in [1.165, 1.54) is 0 Å². The zero-order valence-corrected chi connectivity index (χ0v) is 17.7. The van der Waals surface area contributed by atoms with E-state index >= 15 is 0 Å². The molecule has 0 spiro atoms. The molecule has 0 unspecified atom stereocenters. The number of benzene rings is 1. The summed E-state index contributed by atoms with van der Waals surface area (Å²) in [6.07, 6.45) is 3.48. The third kappa shape index (κ3) is 5.17. The molecule has 2 fully saturated rings. The van der Waals surface area contributed by atoms with Crippen molar-refractivity contribution in [2.45, 2.75) is 44.2 Å². The van der Waals surface area contributed by atoms with Crippen molar-refractivity contribution in [3.05, 3.63) is 35.0 Å². The molecule has 0 radical (unpaired) electrons. The van der Waals surface area contributed by atoms with Crippen LogP contribution in [0.25, 0.3) is 10.9 Å². The molecule has 1 saturated carbocycles. The summed E-state index contributed by atoms with van der Waals surface area (Å²) >= 11 is 6.00. The third-order valence-corrected chi connectivity index (χ3v) is 6.11. The van der Waals surface area contributed by atoms with E-state index in [-0.39, 0.29) is 18.2 Å². The first-order valence-corrected chi connectivity index (χ1v) is 10.9. The molecule has 3 atom stereocenters. The lowest BCUT2D eigenvalue weighted by molar-refractivity contribution is -0.125. The number of aromatic nitrogens is 1. The quantitative estimate of drug-likeness (QED) is 0.501. The Hall–Kier alpha value is -3.05. The molecule has 8 nitrogen and oxygen atoms in total. The lowest BCUT2D eigenvalue weighted by Gasteiger charge is -2.21. The van der Waals surface area contributed by atoms with E-state index in [1.807, 2.05) is 6.07 Å². The highest BCUT2D eigenvalue weighted by atomic mass is 35.5. The molecule has 2 heterocycles. The third-order valence-electron chi connectivity index (χ3n) is 5.87. The van der Waals surface area contributed by atoms with Crippen LogP contribution in [0.1, 0.15) is 42.6 Å². The Morgan fingerprint density at radius 2 is 2.00 bits per heavy atom. The minimum absolute atomic E-state index is 0.0868. The molecule has 1 aromatic carbocycles. The number of nitriles is 1. The highest BCUT2D eigenvalue weighted by molar-refractivity contribution is 6.31.